The van der Waals surface area contributed by atoms with Gasteiger partial charge in [-0.25, -0.2) is 14.0 Å². The Morgan fingerprint density at radius 3 is 1.00 bits per heavy atom. The van der Waals surface area contributed by atoms with Gasteiger partial charge in [-0.15, -0.1) is 30.7 Å². The molecule has 0 saturated carbocycles. The SMILES string of the molecule is CCCc1ccc(-n2[nH]c(C)c(N=Nc3ccc4ccccc4c3O)c2=O)cc1.CCc1ccc(-n2[nH]c(C)c(N=Nc3ccc4ccccc4c3O)c2=O)cc1.Cc1ccc(-n2[nH]c(C)c(N=Nc3ccc4ccccc4c3O)c2=O)cc1. The van der Waals surface area contributed by atoms with E-state index in [2.05, 4.69) is 59.8 Å². The summed E-state index contributed by atoms with van der Waals surface area (Å²) in [7, 11) is 0. The van der Waals surface area contributed by atoms with Crippen molar-refractivity contribution in [2.45, 2.75) is 60.8 Å². The number of nitrogens with one attached hydrogen (secondary N) is 3. The van der Waals surface area contributed by atoms with E-state index < -0.39 is 0 Å². The number of phenolic OH excluding ortho intramolecular Hbond substituents is 3. The minimum atomic E-state index is -0.291. The van der Waals surface area contributed by atoms with Crippen LogP contribution in [-0.4, -0.2) is 44.7 Å². The van der Waals surface area contributed by atoms with Crippen molar-refractivity contribution in [2.75, 3.05) is 0 Å². The van der Waals surface area contributed by atoms with Gasteiger partial charge in [-0.3, -0.25) is 29.7 Å². The van der Waals surface area contributed by atoms with Crippen LogP contribution in [0.1, 0.15) is 54.0 Å². The molecule has 0 atom stereocenters. The number of azo groups is 3. The molecule has 9 aromatic carbocycles. The molecule has 0 fully saturated rings. The lowest BCUT2D eigenvalue weighted by molar-refractivity contribution is 0.482. The van der Waals surface area contributed by atoms with Gasteiger partial charge < -0.3 is 15.3 Å². The Morgan fingerprint density at radius 2 is 0.679 bits per heavy atom. The summed E-state index contributed by atoms with van der Waals surface area (Å²) in [5.74, 6) is 0.140. The van der Waals surface area contributed by atoms with Gasteiger partial charge in [0.2, 0.25) is 0 Å². The summed E-state index contributed by atoms with van der Waals surface area (Å²) in [6.45, 7) is 11.5. The van der Waals surface area contributed by atoms with Gasteiger partial charge in [-0.1, -0.05) is 153 Å². The van der Waals surface area contributed by atoms with E-state index >= 15 is 0 Å². The second kappa shape index (κ2) is 24.8. The van der Waals surface area contributed by atoms with Gasteiger partial charge >= 0.3 is 0 Å². The monoisotopic (exact) mass is 1120 g/mol. The van der Waals surface area contributed by atoms with Crippen molar-refractivity contribution in [2.24, 2.45) is 30.7 Å². The summed E-state index contributed by atoms with van der Waals surface area (Å²) < 4.78 is 4.34. The minimum Gasteiger partial charge on any atom is -0.505 e. The van der Waals surface area contributed by atoms with Gasteiger partial charge in [0.15, 0.2) is 34.3 Å². The molecule has 0 bridgehead atoms. The van der Waals surface area contributed by atoms with Crippen LogP contribution in [0.4, 0.5) is 34.1 Å². The number of aromatic amines is 3. The van der Waals surface area contributed by atoms with Crippen molar-refractivity contribution in [3.05, 3.63) is 247 Å². The van der Waals surface area contributed by atoms with Crippen molar-refractivity contribution < 1.29 is 15.3 Å². The van der Waals surface area contributed by atoms with E-state index in [9.17, 15) is 29.7 Å². The molecule has 18 nitrogen and oxygen atoms in total. The van der Waals surface area contributed by atoms with Gasteiger partial charge in [-0.05, 0) is 122 Å². The summed E-state index contributed by atoms with van der Waals surface area (Å²) in [6, 6.07) is 56.3. The predicted molar refractivity (Wildman–Crippen MR) is 331 cm³/mol. The molecular formula is C66H60N12O6. The molecule has 12 rings (SSSR count). The molecule has 0 saturated heterocycles. The van der Waals surface area contributed by atoms with Crippen molar-refractivity contribution >= 4 is 66.4 Å². The number of aromatic nitrogens is 6. The highest BCUT2D eigenvalue weighted by atomic mass is 16.3. The Hall–Kier alpha value is -11.0. The molecule has 6 N–H and O–H groups in total. The number of hydrogen-bond acceptors (Lipinski definition) is 12. The second-order valence-electron chi connectivity index (χ2n) is 20.0. The minimum absolute atomic E-state index is 0.0453. The average Bonchev–Trinajstić information content (AvgIpc) is 4.10. The third kappa shape index (κ3) is 11.9. The normalized spacial score (nSPS) is 11.5. The van der Waals surface area contributed by atoms with Crippen LogP contribution < -0.4 is 16.7 Å². The lowest BCUT2D eigenvalue weighted by atomic mass is 10.1. The number of nitrogens with zero attached hydrogens (tertiary/aromatic N) is 9. The third-order valence-corrected chi connectivity index (χ3v) is 14.2. The molecule has 18 heteroatoms. The van der Waals surface area contributed by atoms with Gasteiger partial charge in [0.1, 0.15) is 17.1 Å². The second-order valence-corrected chi connectivity index (χ2v) is 20.0. The lowest BCUT2D eigenvalue weighted by Gasteiger charge is -2.03. The first-order chi connectivity index (χ1) is 40.7. The summed E-state index contributed by atoms with van der Waals surface area (Å²) in [4.78, 5) is 38.3. The summed E-state index contributed by atoms with van der Waals surface area (Å²) in [5.41, 5.74) is 8.30. The number of fused-ring (bicyclic) bond motifs is 3. The molecule has 420 valence electrons. The fourth-order valence-electron chi connectivity index (χ4n) is 9.47. The van der Waals surface area contributed by atoms with Crippen LogP contribution in [0.3, 0.4) is 0 Å². The van der Waals surface area contributed by atoms with Gasteiger partial charge in [0.25, 0.3) is 16.7 Å². The number of hydrogen-bond donors (Lipinski definition) is 6. The highest BCUT2D eigenvalue weighted by molar-refractivity contribution is 5.94. The van der Waals surface area contributed by atoms with Crippen LogP contribution in [0.5, 0.6) is 17.2 Å². The number of benzene rings is 9. The average molecular weight is 1120 g/mol. The van der Waals surface area contributed by atoms with Crippen LogP contribution in [0.2, 0.25) is 0 Å². The molecule has 0 radical (unpaired) electrons. The Bertz CT molecular complexity index is 4640. The number of aryl methyl sites for hydroxylation is 6. The molecule has 3 heterocycles. The maximum absolute atomic E-state index is 12.8. The quantitative estimate of drug-likeness (QED) is 0.0649. The smallest absolute Gasteiger partial charge is 0.299 e. The highest BCUT2D eigenvalue weighted by Crippen LogP contribution is 2.38. The fourth-order valence-corrected chi connectivity index (χ4v) is 9.47. The standard InChI is InChI=1S/C23H22N4O2.C22H20N4O2.C21H18N4O2/c1-3-6-16-9-12-18(13-10-16)27-23(29)21(15(2)26-27)25-24-20-14-11-17-7-4-5-8-19(17)22(20)28;1-3-15-8-11-17(12-9-15)26-22(28)20(14(2)25-26)24-23-19-13-10-16-6-4-5-7-18(16)21(19)27;1-13-7-10-16(11-8-13)25-21(27)19(14(2)24-25)23-22-18-12-9-15-5-3-4-6-17(15)20(18)26/h4-5,7-14,26,28H,3,6H2,1-2H3;4-13,25,27H,3H2,1-2H3;3-12,24,26H,1-2H3. The summed E-state index contributed by atoms with van der Waals surface area (Å²) in [5, 5.41) is 70.0. The van der Waals surface area contributed by atoms with Crippen molar-refractivity contribution in [3.63, 3.8) is 0 Å². The molecule has 84 heavy (non-hydrogen) atoms. The first-order valence-corrected chi connectivity index (χ1v) is 27.3. The molecule has 12 aromatic rings. The van der Waals surface area contributed by atoms with E-state index in [1.165, 1.54) is 25.2 Å². The van der Waals surface area contributed by atoms with Gasteiger partial charge in [0.05, 0.1) is 34.1 Å². The maximum atomic E-state index is 12.8. The third-order valence-electron chi connectivity index (χ3n) is 14.2. The zero-order valence-corrected chi connectivity index (χ0v) is 47.0. The van der Waals surface area contributed by atoms with Crippen LogP contribution in [-0.2, 0) is 12.8 Å². The predicted octanol–water partition coefficient (Wildman–Crippen LogP) is 16.1. The van der Waals surface area contributed by atoms with Gasteiger partial charge in [0, 0.05) is 16.2 Å². The van der Waals surface area contributed by atoms with E-state index in [1.54, 1.807) is 39.0 Å². The molecule has 0 aliphatic carbocycles. The molecule has 0 unspecified atom stereocenters. The highest BCUT2D eigenvalue weighted by Gasteiger charge is 2.17. The fraction of sp³-hybridized carbons (Fsp3) is 0.136. The topological polar surface area (TPSA) is 248 Å². The number of phenols is 3. The zero-order valence-electron chi connectivity index (χ0n) is 47.0. The van der Waals surface area contributed by atoms with E-state index in [1.807, 2.05) is 171 Å². The van der Waals surface area contributed by atoms with Crippen LogP contribution in [0.15, 0.2) is 227 Å². The van der Waals surface area contributed by atoms with Gasteiger partial charge in [-0.2, -0.15) is 0 Å². The number of rotatable bonds is 12. The molecule has 0 aliphatic heterocycles. The molecule has 0 spiro atoms. The molecule has 0 amide bonds. The largest absolute Gasteiger partial charge is 0.505 e. The van der Waals surface area contributed by atoms with E-state index in [-0.39, 0.29) is 51.0 Å². The van der Waals surface area contributed by atoms with E-state index in [0.29, 0.717) is 50.3 Å². The first-order valence-electron chi connectivity index (χ1n) is 27.3. The van der Waals surface area contributed by atoms with E-state index in [4.69, 9.17) is 0 Å². The summed E-state index contributed by atoms with van der Waals surface area (Å²) in [6.07, 6.45) is 3.02. The van der Waals surface area contributed by atoms with E-state index in [0.717, 1.165) is 58.0 Å². The number of aromatic hydroxyl groups is 3. The zero-order chi connectivity index (χ0) is 59.0. The Kier molecular flexibility index (Phi) is 16.6. The van der Waals surface area contributed by atoms with Crippen LogP contribution >= 0.6 is 0 Å². The lowest BCUT2D eigenvalue weighted by Crippen LogP contribution is -2.14. The molecule has 0 aliphatic rings. The maximum Gasteiger partial charge on any atom is 0.299 e. The first kappa shape index (κ1) is 56.3. The van der Waals surface area contributed by atoms with Crippen molar-refractivity contribution in [3.8, 4) is 34.3 Å². The molecular weight excluding hydrogens is 1060 g/mol. The van der Waals surface area contributed by atoms with Crippen molar-refractivity contribution in [1.29, 1.82) is 0 Å². The van der Waals surface area contributed by atoms with Crippen LogP contribution in [0, 0.1) is 27.7 Å². The number of H-pyrrole nitrogens is 3. The summed E-state index contributed by atoms with van der Waals surface area (Å²) >= 11 is 0. The Balaban J connectivity index is 0.000000140. The van der Waals surface area contributed by atoms with Crippen LogP contribution in [0.25, 0.3) is 49.4 Å². The Morgan fingerprint density at radius 1 is 0.369 bits per heavy atom. The molecule has 3 aromatic heterocycles. The Labute approximate surface area is 481 Å². The van der Waals surface area contributed by atoms with Crippen molar-refractivity contribution in [1.82, 2.24) is 29.3 Å².